The largest absolute Gasteiger partial charge is 0.484 e. The molecule has 0 atom stereocenters. The third-order valence-electron chi connectivity index (χ3n) is 4.39. The summed E-state index contributed by atoms with van der Waals surface area (Å²) in [4.78, 5) is 12.9. The smallest absolute Gasteiger partial charge is 0.422 e. The average Bonchev–Trinajstić information content (AvgIpc) is 3.05. The Morgan fingerprint density at radius 2 is 1.87 bits per heavy atom. The van der Waals surface area contributed by atoms with Crippen molar-refractivity contribution in [1.29, 1.82) is 0 Å². The first-order valence-corrected chi connectivity index (χ1v) is 9.38. The Morgan fingerprint density at radius 1 is 1.13 bits per heavy atom. The van der Waals surface area contributed by atoms with Crippen LogP contribution in [0.2, 0.25) is 0 Å². The number of nitrogens with one attached hydrogen (secondary N) is 1. The number of anilines is 1. The van der Waals surface area contributed by atoms with Gasteiger partial charge in [0.25, 0.3) is 5.91 Å². The van der Waals surface area contributed by atoms with Gasteiger partial charge in [0.1, 0.15) is 11.3 Å². The molecule has 3 aromatic rings. The predicted octanol–water partition coefficient (Wildman–Crippen LogP) is 5.86. The Bertz CT molecular complexity index is 1040. The summed E-state index contributed by atoms with van der Waals surface area (Å²) < 4.78 is 53.7. The highest BCUT2D eigenvalue weighted by Crippen LogP contribution is 2.30. The van der Waals surface area contributed by atoms with Crippen molar-refractivity contribution in [3.63, 3.8) is 0 Å². The third kappa shape index (κ3) is 5.13. The van der Waals surface area contributed by atoms with Crippen LogP contribution in [0.4, 0.5) is 18.9 Å². The van der Waals surface area contributed by atoms with Gasteiger partial charge >= 0.3 is 6.18 Å². The number of carbonyl (C=O) groups excluding carboxylic acids is 1. The van der Waals surface area contributed by atoms with Crippen LogP contribution in [-0.2, 0) is 11.3 Å². The standard InChI is InChI=1S/C22H22F3NO4/c1-13(2)28-11-16-15-7-4-5-9-19(15)30-20(16)21(27)26-17-8-6-10-18(14(17)3)29-12-22(23,24)25/h4-10,13H,11-12H2,1-3H3,(H,26,27). The molecule has 3 rings (SSSR count). The van der Waals surface area contributed by atoms with Crippen molar-refractivity contribution in [1.82, 2.24) is 0 Å². The van der Waals surface area contributed by atoms with Crippen LogP contribution in [0, 0.1) is 6.92 Å². The summed E-state index contributed by atoms with van der Waals surface area (Å²) in [6.07, 6.45) is -4.50. The third-order valence-corrected chi connectivity index (χ3v) is 4.39. The highest BCUT2D eigenvalue weighted by Gasteiger charge is 2.29. The van der Waals surface area contributed by atoms with Gasteiger partial charge in [0.05, 0.1) is 12.7 Å². The number of alkyl halides is 3. The van der Waals surface area contributed by atoms with Gasteiger partial charge in [-0.05, 0) is 39.0 Å². The van der Waals surface area contributed by atoms with Crippen molar-refractivity contribution in [2.24, 2.45) is 0 Å². The van der Waals surface area contributed by atoms with E-state index in [0.717, 1.165) is 5.39 Å². The molecule has 0 aliphatic rings. The van der Waals surface area contributed by atoms with Crippen LogP contribution >= 0.6 is 0 Å². The summed E-state index contributed by atoms with van der Waals surface area (Å²) in [7, 11) is 0. The number of rotatable bonds is 7. The molecule has 1 amide bonds. The fraction of sp³-hybridized carbons (Fsp3) is 0.318. The van der Waals surface area contributed by atoms with Gasteiger partial charge in [0.2, 0.25) is 0 Å². The maximum atomic E-state index is 12.9. The van der Waals surface area contributed by atoms with Crippen LogP contribution in [0.1, 0.15) is 35.5 Å². The molecule has 8 heteroatoms. The molecule has 0 radical (unpaired) electrons. The van der Waals surface area contributed by atoms with Crippen LogP contribution in [0.3, 0.4) is 0 Å². The van der Waals surface area contributed by atoms with Crippen molar-refractivity contribution in [3.05, 3.63) is 59.4 Å². The van der Waals surface area contributed by atoms with Gasteiger partial charge in [-0.1, -0.05) is 24.3 Å². The predicted molar refractivity (Wildman–Crippen MR) is 107 cm³/mol. The van der Waals surface area contributed by atoms with E-state index in [1.165, 1.54) is 12.1 Å². The molecule has 160 valence electrons. The fourth-order valence-corrected chi connectivity index (χ4v) is 2.92. The second-order valence-electron chi connectivity index (χ2n) is 7.05. The molecule has 0 saturated carbocycles. The SMILES string of the molecule is Cc1c(NC(=O)c2oc3ccccc3c2COC(C)C)cccc1OCC(F)(F)F. The number of hydrogen-bond donors (Lipinski definition) is 1. The molecule has 30 heavy (non-hydrogen) atoms. The molecule has 0 unspecified atom stereocenters. The first kappa shape index (κ1) is 21.7. The van der Waals surface area contributed by atoms with Crippen LogP contribution < -0.4 is 10.1 Å². The van der Waals surface area contributed by atoms with E-state index in [1.54, 1.807) is 25.1 Å². The first-order valence-electron chi connectivity index (χ1n) is 9.38. The average molecular weight is 421 g/mol. The minimum Gasteiger partial charge on any atom is -0.484 e. The van der Waals surface area contributed by atoms with Crippen molar-refractivity contribution >= 4 is 22.6 Å². The molecule has 2 aromatic carbocycles. The summed E-state index contributed by atoms with van der Waals surface area (Å²) in [6, 6.07) is 11.7. The Kier molecular flexibility index (Phi) is 6.36. The van der Waals surface area contributed by atoms with E-state index in [4.69, 9.17) is 13.9 Å². The lowest BCUT2D eigenvalue weighted by Crippen LogP contribution is -2.20. The second-order valence-corrected chi connectivity index (χ2v) is 7.05. The van der Waals surface area contributed by atoms with Crippen LogP contribution in [0.15, 0.2) is 46.9 Å². The van der Waals surface area contributed by atoms with E-state index in [1.807, 2.05) is 26.0 Å². The van der Waals surface area contributed by atoms with E-state index in [9.17, 15) is 18.0 Å². The number of benzene rings is 2. The quantitative estimate of drug-likeness (QED) is 0.519. The fourth-order valence-electron chi connectivity index (χ4n) is 2.92. The monoisotopic (exact) mass is 421 g/mol. The minimum absolute atomic E-state index is 0.0399. The number of fused-ring (bicyclic) bond motifs is 1. The van der Waals surface area contributed by atoms with Gasteiger partial charge in [-0.2, -0.15) is 13.2 Å². The van der Waals surface area contributed by atoms with Crippen molar-refractivity contribution in [3.8, 4) is 5.75 Å². The molecule has 0 aliphatic carbocycles. The minimum atomic E-state index is -4.45. The number of halogens is 3. The summed E-state index contributed by atoms with van der Waals surface area (Å²) in [6.45, 7) is 4.12. The molecule has 5 nitrogen and oxygen atoms in total. The zero-order chi connectivity index (χ0) is 21.9. The highest BCUT2D eigenvalue weighted by atomic mass is 19.4. The van der Waals surface area contributed by atoms with Gasteiger partial charge in [-0.25, -0.2) is 0 Å². The molecule has 0 saturated heterocycles. The summed E-state index contributed by atoms with van der Waals surface area (Å²) >= 11 is 0. The van der Waals surface area contributed by atoms with Gasteiger partial charge < -0.3 is 19.2 Å². The van der Waals surface area contributed by atoms with E-state index in [0.29, 0.717) is 22.4 Å². The number of hydrogen-bond acceptors (Lipinski definition) is 4. The topological polar surface area (TPSA) is 60.7 Å². The molecular formula is C22H22F3NO4. The number of amides is 1. The van der Waals surface area contributed by atoms with E-state index in [2.05, 4.69) is 5.32 Å². The molecule has 1 heterocycles. The molecule has 0 aliphatic heterocycles. The number of furan rings is 1. The van der Waals surface area contributed by atoms with E-state index < -0.39 is 18.7 Å². The lowest BCUT2D eigenvalue weighted by Gasteiger charge is -2.14. The number of carbonyl (C=O) groups is 1. The van der Waals surface area contributed by atoms with Crippen LogP contribution in [0.5, 0.6) is 5.75 Å². The van der Waals surface area contributed by atoms with E-state index in [-0.39, 0.29) is 24.2 Å². The molecule has 1 N–H and O–H groups in total. The summed E-state index contributed by atoms with van der Waals surface area (Å²) in [5.74, 6) is -0.388. The van der Waals surface area contributed by atoms with Crippen molar-refractivity contribution in [2.75, 3.05) is 11.9 Å². The van der Waals surface area contributed by atoms with Crippen LogP contribution in [-0.4, -0.2) is 24.8 Å². The first-order chi connectivity index (χ1) is 14.2. The van der Waals surface area contributed by atoms with Crippen molar-refractivity contribution in [2.45, 2.75) is 39.7 Å². The molecule has 0 spiro atoms. The van der Waals surface area contributed by atoms with Gasteiger partial charge in [-0.15, -0.1) is 0 Å². The normalized spacial score (nSPS) is 11.8. The van der Waals surface area contributed by atoms with Gasteiger partial charge in [-0.3, -0.25) is 4.79 Å². The van der Waals surface area contributed by atoms with Crippen molar-refractivity contribution < 1.29 is 31.9 Å². The highest BCUT2D eigenvalue weighted by molar-refractivity contribution is 6.07. The zero-order valence-electron chi connectivity index (χ0n) is 16.8. The summed E-state index contributed by atoms with van der Waals surface area (Å²) in [5.41, 5.74) is 1.87. The Balaban J connectivity index is 1.87. The Labute approximate surface area is 171 Å². The molecular weight excluding hydrogens is 399 g/mol. The Morgan fingerprint density at radius 3 is 2.57 bits per heavy atom. The maximum absolute atomic E-state index is 12.9. The summed E-state index contributed by atoms with van der Waals surface area (Å²) in [5, 5.41) is 3.47. The van der Waals surface area contributed by atoms with Crippen LogP contribution in [0.25, 0.3) is 11.0 Å². The van der Waals surface area contributed by atoms with Gasteiger partial charge in [0.15, 0.2) is 12.4 Å². The number of ether oxygens (including phenoxy) is 2. The zero-order valence-corrected chi connectivity index (χ0v) is 16.8. The molecule has 0 bridgehead atoms. The van der Waals surface area contributed by atoms with E-state index >= 15 is 0 Å². The second kappa shape index (κ2) is 8.79. The Hall–Kier alpha value is -3.00. The maximum Gasteiger partial charge on any atom is 0.422 e. The van der Waals surface area contributed by atoms with Gasteiger partial charge in [0, 0.05) is 22.2 Å². The molecule has 0 fully saturated rings. The lowest BCUT2D eigenvalue weighted by molar-refractivity contribution is -0.153. The number of para-hydroxylation sites is 1. The lowest BCUT2D eigenvalue weighted by atomic mass is 10.1. The molecule has 1 aromatic heterocycles.